The number of benzene rings is 2. The van der Waals surface area contributed by atoms with Gasteiger partial charge in [0.2, 0.25) is 0 Å². The number of nitrogens with one attached hydrogen (secondary N) is 3. The molecule has 0 fully saturated rings. The summed E-state index contributed by atoms with van der Waals surface area (Å²) < 4.78 is 21.4. The summed E-state index contributed by atoms with van der Waals surface area (Å²) in [5, 5.41) is 8.25. The minimum atomic E-state index is -2.57. The van der Waals surface area contributed by atoms with Gasteiger partial charge in [0.25, 0.3) is 11.8 Å². The summed E-state index contributed by atoms with van der Waals surface area (Å²) in [6.45, 7) is 1.81. The van der Waals surface area contributed by atoms with E-state index < -0.39 is 10.7 Å². The second-order valence-corrected chi connectivity index (χ2v) is 7.41. The predicted octanol–water partition coefficient (Wildman–Crippen LogP) is 2.88. The summed E-state index contributed by atoms with van der Waals surface area (Å²) in [7, 11) is -2.57. The Morgan fingerprint density at radius 1 is 0.900 bits per heavy atom. The largest absolute Gasteiger partial charge is 0.372 e. The number of carbonyl (C=O) groups excluding carboxylic acids is 2. The van der Waals surface area contributed by atoms with Crippen molar-refractivity contribution in [3.05, 3.63) is 83.7 Å². The van der Waals surface area contributed by atoms with Crippen molar-refractivity contribution in [1.29, 1.82) is 0 Å². The van der Waals surface area contributed by atoms with Crippen molar-refractivity contribution in [3.63, 3.8) is 0 Å². The maximum atomic E-state index is 12.6. The van der Waals surface area contributed by atoms with Crippen molar-refractivity contribution < 1.29 is 18.0 Å². The van der Waals surface area contributed by atoms with E-state index in [1.54, 1.807) is 73.9 Å². The molecule has 0 aliphatic rings. The molecule has 0 saturated heterocycles. The molecular formula is C21H20N4O4S. The number of aryl methyl sites for hydroxylation is 1. The van der Waals surface area contributed by atoms with E-state index >= 15 is 0 Å². The van der Waals surface area contributed by atoms with Gasteiger partial charge < -0.3 is 16.0 Å². The van der Waals surface area contributed by atoms with Crippen LogP contribution in [-0.2, 0) is 10.7 Å². The predicted molar refractivity (Wildman–Crippen MR) is 117 cm³/mol. The molecule has 1 heterocycles. The monoisotopic (exact) mass is 424 g/mol. The van der Waals surface area contributed by atoms with Gasteiger partial charge in [-0.2, -0.15) is 0 Å². The Labute approximate surface area is 175 Å². The first kappa shape index (κ1) is 21.0. The number of carbonyl (C=O) groups is 2. The fourth-order valence-electron chi connectivity index (χ4n) is 2.71. The SMILES string of the molecule is Cc1ccc(NC(=O)c2cccc(NC[SH](=O)=O)c2)cc1C(=O)Nc1cccnc1. The third-order valence-electron chi connectivity index (χ3n) is 4.20. The first-order valence-corrected chi connectivity index (χ1v) is 10.4. The van der Waals surface area contributed by atoms with Gasteiger partial charge in [-0.3, -0.25) is 14.6 Å². The highest BCUT2D eigenvalue weighted by Gasteiger charge is 2.13. The summed E-state index contributed by atoms with van der Waals surface area (Å²) in [6, 6.07) is 15.0. The van der Waals surface area contributed by atoms with E-state index in [0.29, 0.717) is 28.2 Å². The lowest BCUT2D eigenvalue weighted by molar-refractivity contribution is 0.101. The normalized spacial score (nSPS) is 10.5. The molecule has 0 radical (unpaired) electrons. The van der Waals surface area contributed by atoms with Crippen LogP contribution in [0.15, 0.2) is 67.0 Å². The molecule has 3 rings (SSSR count). The Balaban J connectivity index is 1.74. The molecule has 3 N–H and O–H groups in total. The highest BCUT2D eigenvalue weighted by Crippen LogP contribution is 2.19. The van der Waals surface area contributed by atoms with E-state index in [2.05, 4.69) is 20.9 Å². The van der Waals surface area contributed by atoms with Crippen molar-refractivity contribution in [1.82, 2.24) is 4.98 Å². The summed E-state index contributed by atoms with van der Waals surface area (Å²) in [5.74, 6) is -0.907. The van der Waals surface area contributed by atoms with E-state index in [-0.39, 0.29) is 17.7 Å². The van der Waals surface area contributed by atoms with E-state index in [4.69, 9.17) is 0 Å². The zero-order chi connectivity index (χ0) is 21.5. The van der Waals surface area contributed by atoms with Gasteiger partial charge in [-0.1, -0.05) is 12.1 Å². The number of rotatable bonds is 7. The van der Waals surface area contributed by atoms with Crippen LogP contribution in [0, 0.1) is 6.92 Å². The van der Waals surface area contributed by atoms with Crippen LogP contribution in [0.2, 0.25) is 0 Å². The Morgan fingerprint density at radius 2 is 1.67 bits per heavy atom. The number of hydrogen-bond donors (Lipinski definition) is 4. The number of hydrogen-bond acceptors (Lipinski definition) is 6. The quantitative estimate of drug-likeness (QED) is 0.433. The molecule has 154 valence electrons. The smallest absolute Gasteiger partial charge is 0.256 e. The third kappa shape index (κ3) is 5.65. The second kappa shape index (κ2) is 9.66. The van der Waals surface area contributed by atoms with Crippen LogP contribution in [0.5, 0.6) is 0 Å². The number of pyridine rings is 1. The number of thiol groups is 1. The van der Waals surface area contributed by atoms with Crippen molar-refractivity contribution in [2.75, 3.05) is 21.8 Å². The second-order valence-electron chi connectivity index (χ2n) is 6.43. The van der Waals surface area contributed by atoms with E-state index in [1.165, 1.54) is 0 Å². The molecule has 1 aromatic heterocycles. The van der Waals surface area contributed by atoms with Crippen LogP contribution < -0.4 is 16.0 Å². The van der Waals surface area contributed by atoms with Crippen LogP contribution in [-0.4, -0.2) is 31.1 Å². The molecule has 0 aliphatic carbocycles. The molecule has 3 aromatic rings. The number of nitrogens with zero attached hydrogens (tertiary/aromatic N) is 1. The highest BCUT2D eigenvalue weighted by atomic mass is 32.2. The maximum Gasteiger partial charge on any atom is 0.256 e. The summed E-state index contributed by atoms with van der Waals surface area (Å²) >= 11 is 0. The minimum Gasteiger partial charge on any atom is -0.372 e. The molecule has 0 spiro atoms. The first-order chi connectivity index (χ1) is 14.4. The Morgan fingerprint density at radius 3 is 2.40 bits per heavy atom. The van der Waals surface area contributed by atoms with Crippen LogP contribution in [0.25, 0.3) is 0 Å². The molecule has 30 heavy (non-hydrogen) atoms. The minimum absolute atomic E-state index is 0.215. The molecule has 0 unspecified atom stereocenters. The molecule has 0 atom stereocenters. The average molecular weight is 424 g/mol. The lowest BCUT2D eigenvalue weighted by atomic mass is 10.1. The van der Waals surface area contributed by atoms with E-state index in [0.717, 1.165) is 5.56 Å². The Bertz CT molecular complexity index is 1140. The summed E-state index contributed by atoms with van der Waals surface area (Å²) in [4.78, 5) is 29.2. The Kier molecular flexibility index (Phi) is 6.76. The molecule has 8 nitrogen and oxygen atoms in total. The maximum absolute atomic E-state index is 12.6. The lowest BCUT2D eigenvalue weighted by Gasteiger charge is -2.11. The van der Waals surface area contributed by atoms with Gasteiger partial charge in [-0.05, 0) is 55.0 Å². The molecule has 0 aliphatic heterocycles. The average Bonchev–Trinajstić information content (AvgIpc) is 2.74. The molecule has 2 aromatic carbocycles. The van der Waals surface area contributed by atoms with Gasteiger partial charge in [0.15, 0.2) is 10.7 Å². The van der Waals surface area contributed by atoms with Gasteiger partial charge >= 0.3 is 0 Å². The number of anilines is 3. The van der Waals surface area contributed by atoms with Gasteiger partial charge in [0.1, 0.15) is 5.88 Å². The fourth-order valence-corrected chi connectivity index (χ4v) is 3.02. The van der Waals surface area contributed by atoms with Crippen molar-refractivity contribution >= 4 is 39.6 Å². The molecule has 9 heteroatoms. The van der Waals surface area contributed by atoms with Crippen LogP contribution in [0.4, 0.5) is 17.1 Å². The van der Waals surface area contributed by atoms with Crippen molar-refractivity contribution in [2.24, 2.45) is 0 Å². The van der Waals surface area contributed by atoms with Crippen LogP contribution in [0.3, 0.4) is 0 Å². The summed E-state index contributed by atoms with van der Waals surface area (Å²) in [6.07, 6.45) is 3.16. The van der Waals surface area contributed by atoms with Crippen molar-refractivity contribution in [3.8, 4) is 0 Å². The van der Waals surface area contributed by atoms with Gasteiger partial charge in [-0.25, -0.2) is 8.42 Å². The van der Waals surface area contributed by atoms with Crippen LogP contribution in [0.1, 0.15) is 26.3 Å². The highest BCUT2D eigenvalue weighted by molar-refractivity contribution is 7.72. The number of amides is 2. The lowest BCUT2D eigenvalue weighted by Crippen LogP contribution is -2.16. The number of aromatic nitrogens is 1. The fraction of sp³-hybridized carbons (Fsp3) is 0.0952. The standard InChI is InChI=1S/C21H20N4O4S/c1-14-7-8-17(11-19(14)21(27)25-18-6-3-9-22-12-18)24-20(26)15-4-2-5-16(10-15)23-13-30(28)29/h2-12,23,30H,13H2,1H3,(H,24,26)(H,25,27). The van der Waals surface area contributed by atoms with E-state index in [9.17, 15) is 18.0 Å². The van der Waals surface area contributed by atoms with Gasteiger partial charge in [0.05, 0.1) is 11.9 Å². The first-order valence-electron chi connectivity index (χ1n) is 9.01. The Hall–Kier alpha value is -3.72. The molecule has 0 saturated carbocycles. The van der Waals surface area contributed by atoms with Gasteiger partial charge in [-0.15, -0.1) is 0 Å². The van der Waals surface area contributed by atoms with Crippen LogP contribution >= 0.6 is 0 Å². The zero-order valence-corrected chi connectivity index (χ0v) is 17.0. The van der Waals surface area contributed by atoms with Crippen molar-refractivity contribution in [2.45, 2.75) is 6.92 Å². The molecular weight excluding hydrogens is 404 g/mol. The molecule has 0 bridgehead atoms. The van der Waals surface area contributed by atoms with Gasteiger partial charge in [0, 0.05) is 28.7 Å². The topological polar surface area (TPSA) is 117 Å². The third-order valence-corrected chi connectivity index (χ3v) is 4.61. The van der Waals surface area contributed by atoms with E-state index in [1.807, 2.05) is 0 Å². The molecule has 2 amide bonds. The zero-order valence-electron chi connectivity index (χ0n) is 16.1. The summed E-state index contributed by atoms with van der Waals surface area (Å²) in [5.41, 5.74) is 3.08.